The van der Waals surface area contributed by atoms with E-state index in [0.29, 0.717) is 18.2 Å². The quantitative estimate of drug-likeness (QED) is 0.725. The summed E-state index contributed by atoms with van der Waals surface area (Å²) < 4.78 is 18.4. The van der Waals surface area contributed by atoms with Crippen LogP contribution in [0.5, 0.6) is 5.88 Å². The van der Waals surface area contributed by atoms with Crippen molar-refractivity contribution in [3.8, 4) is 17.3 Å². The molecule has 1 N–H and O–H groups in total. The van der Waals surface area contributed by atoms with E-state index >= 15 is 0 Å². The molecule has 3 aromatic rings. The first-order valence-corrected chi connectivity index (χ1v) is 8.56. The molecule has 0 aliphatic rings. The summed E-state index contributed by atoms with van der Waals surface area (Å²) in [4.78, 5) is 20.8. The van der Waals surface area contributed by atoms with E-state index < -0.39 is 0 Å². The Balaban J connectivity index is 1.59. The van der Waals surface area contributed by atoms with Crippen molar-refractivity contribution in [3.05, 3.63) is 77.2 Å². The van der Waals surface area contributed by atoms with Gasteiger partial charge >= 0.3 is 0 Å². The Morgan fingerprint density at radius 3 is 2.44 bits per heavy atom. The normalized spacial score (nSPS) is 10.5. The molecule has 0 bridgehead atoms. The molecule has 1 heterocycles. The number of hydrogen-bond donors (Lipinski definition) is 1. The molecule has 2 aromatic carbocycles. The Morgan fingerprint density at radius 2 is 1.74 bits per heavy atom. The van der Waals surface area contributed by atoms with E-state index in [1.54, 1.807) is 18.2 Å². The number of carbonyl (C=O) groups excluding carboxylic acids is 1. The number of halogens is 1. The van der Waals surface area contributed by atoms with E-state index in [2.05, 4.69) is 15.3 Å². The van der Waals surface area contributed by atoms with Crippen molar-refractivity contribution in [2.75, 3.05) is 6.61 Å². The zero-order chi connectivity index (χ0) is 19.2. The minimum absolute atomic E-state index is 0.162. The van der Waals surface area contributed by atoms with Crippen LogP contribution in [-0.4, -0.2) is 22.5 Å². The van der Waals surface area contributed by atoms with Crippen molar-refractivity contribution in [2.24, 2.45) is 0 Å². The van der Waals surface area contributed by atoms with Crippen molar-refractivity contribution in [2.45, 2.75) is 20.4 Å². The number of amides is 1. The SMILES string of the molecule is Cc1ccc(-c2nc(C)cc(OCC(=O)NCc3ccc(F)cc3)n2)cc1. The van der Waals surface area contributed by atoms with Crippen molar-refractivity contribution in [1.29, 1.82) is 0 Å². The highest BCUT2D eigenvalue weighted by atomic mass is 19.1. The largest absolute Gasteiger partial charge is 0.467 e. The van der Waals surface area contributed by atoms with Crippen LogP contribution in [0.25, 0.3) is 11.4 Å². The van der Waals surface area contributed by atoms with Gasteiger partial charge in [-0.25, -0.2) is 9.37 Å². The molecule has 0 spiro atoms. The zero-order valence-corrected chi connectivity index (χ0v) is 15.2. The molecule has 0 saturated heterocycles. The van der Waals surface area contributed by atoms with Crippen molar-refractivity contribution in [1.82, 2.24) is 15.3 Å². The van der Waals surface area contributed by atoms with E-state index in [1.807, 2.05) is 38.1 Å². The van der Waals surface area contributed by atoms with E-state index in [1.165, 1.54) is 12.1 Å². The van der Waals surface area contributed by atoms with Gasteiger partial charge in [0.05, 0.1) is 0 Å². The summed E-state index contributed by atoms with van der Waals surface area (Å²) in [6.07, 6.45) is 0. The summed E-state index contributed by atoms with van der Waals surface area (Å²) >= 11 is 0. The van der Waals surface area contributed by atoms with Gasteiger partial charge in [-0.2, -0.15) is 4.98 Å². The molecule has 0 unspecified atom stereocenters. The molecule has 0 saturated carbocycles. The van der Waals surface area contributed by atoms with Crippen LogP contribution >= 0.6 is 0 Å². The molecule has 1 aromatic heterocycles. The van der Waals surface area contributed by atoms with Gasteiger partial charge in [0.15, 0.2) is 12.4 Å². The lowest BCUT2D eigenvalue weighted by Crippen LogP contribution is -2.28. The fourth-order valence-corrected chi connectivity index (χ4v) is 2.44. The van der Waals surface area contributed by atoms with E-state index in [-0.39, 0.29) is 18.3 Å². The van der Waals surface area contributed by atoms with Crippen molar-refractivity contribution in [3.63, 3.8) is 0 Å². The van der Waals surface area contributed by atoms with Gasteiger partial charge in [-0.15, -0.1) is 0 Å². The number of aryl methyl sites for hydroxylation is 2. The van der Waals surface area contributed by atoms with Gasteiger partial charge in [0.2, 0.25) is 5.88 Å². The Kier molecular flexibility index (Phi) is 5.76. The lowest BCUT2D eigenvalue weighted by Gasteiger charge is -2.09. The lowest BCUT2D eigenvalue weighted by atomic mass is 10.1. The van der Waals surface area contributed by atoms with Gasteiger partial charge in [0.25, 0.3) is 5.91 Å². The highest BCUT2D eigenvalue weighted by Gasteiger charge is 2.08. The number of nitrogens with zero attached hydrogens (tertiary/aromatic N) is 2. The molecular formula is C21H20FN3O2. The maximum absolute atomic E-state index is 12.9. The van der Waals surface area contributed by atoms with Gasteiger partial charge in [-0.3, -0.25) is 4.79 Å². The second-order valence-electron chi connectivity index (χ2n) is 6.23. The third-order valence-electron chi connectivity index (χ3n) is 3.89. The molecule has 6 heteroatoms. The first kappa shape index (κ1) is 18.5. The maximum Gasteiger partial charge on any atom is 0.258 e. The minimum Gasteiger partial charge on any atom is -0.467 e. The van der Waals surface area contributed by atoms with Gasteiger partial charge in [0.1, 0.15) is 5.82 Å². The second kappa shape index (κ2) is 8.40. The summed E-state index contributed by atoms with van der Waals surface area (Å²) in [7, 11) is 0. The molecular weight excluding hydrogens is 345 g/mol. The molecule has 0 aliphatic heterocycles. The number of carbonyl (C=O) groups is 1. The van der Waals surface area contributed by atoms with Crippen LogP contribution in [-0.2, 0) is 11.3 Å². The summed E-state index contributed by atoms with van der Waals surface area (Å²) in [5.74, 6) is 0.302. The average Bonchev–Trinajstić information content (AvgIpc) is 2.66. The van der Waals surface area contributed by atoms with Crippen LogP contribution in [0.2, 0.25) is 0 Å². The number of benzene rings is 2. The third kappa shape index (κ3) is 5.34. The number of rotatable bonds is 6. The van der Waals surface area contributed by atoms with Crippen LogP contribution in [0.3, 0.4) is 0 Å². The van der Waals surface area contributed by atoms with Gasteiger partial charge in [0, 0.05) is 23.9 Å². The van der Waals surface area contributed by atoms with E-state index in [0.717, 1.165) is 22.4 Å². The number of hydrogen-bond acceptors (Lipinski definition) is 4. The first-order valence-electron chi connectivity index (χ1n) is 8.56. The molecule has 5 nitrogen and oxygen atoms in total. The minimum atomic E-state index is -0.308. The van der Waals surface area contributed by atoms with Crippen LogP contribution < -0.4 is 10.1 Å². The Morgan fingerprint density at radius 1 is 1.04 bits per heavy atom. The molecule has 0 atom stereocenters. The summed E-state index contributed by atoms with van der Waals surface area (Å²) in [6, 6.07) is 15.5. The molecule has 138 valence electrons. The zero-order valence-electron chi connectivity index (χ0n) is 15.2. The Bertz CT molecular complexity index is 925. The second-order valence-corrected chi connectivity index (χ2v) is 6.23. The maximum atomic E-state index is 12.9. The molecule has 3 rings (SSSR count). The summed E-state index contributed by atoms with van der Waals surface area (Å²) in [5, 5.41) is 2.73. The van der Waals surface area contributed by atoms with E-state index in [4.69, 9.17) is 4.74 Å². The Hall–Kier alpha value is -3.28. The highest BCUT2D eigenvalue weighted by Crippen LogP contribution is 2.19. The fraction of sp³-hybridized carbons (Fsp3) is 0.190. The highest BCUT2D eigenvalue weighted by molar-refractivity contribution is 5.77. The van der Waals surface area contributed by atoms with Crippen LogP contribution in [0, 0.1) is 19.7 Å². The van der Waals surface area contributed by atoms with Crippen LogP contribution in [0.4, 0.5) is 4.39 Å². The summed E-state index contributed by atoms with van der Waals surface area (Å²) in [6.45, 7) is 4.01. The lowest BCUT2D eigenvalue weighted by molar-refractivity contribution is -0.123. The predicted molar refractivity (Wildman–Crippen MR) is 101 cm³/mol. The Labute approximate surface area is 157 Å². The van der Waals surface area contributed by atoms with Gasteiger partial charge in [-0.05, 0) is 31.5 Å². The topological polar surface area (TPSA) is 64.1 Å². The monoisotopic (exact) mass is 365 g/mol. The number of aromatic nitrogens is 2. The average molecular weight is 365 g/mol. The number of ether oxygens (including phenoxy) is 1. The fourth-order valence-electron chi connectivity index (χ4n) is 2.44. The van der Waals surface area contributed by atoms with Gasteiger partial charge in [-0.1, -0.05) is 42.0 Å². The van der Waals surface area contributed by atoms with Crippen LogP contribution in [0.1, 0.15) is 16.8 Å². The standard InChI is InChI=1S/C21H20FN3O2/c1-14-3-7-17(8-4-14)21-24-15(2)11-20(25-21)27-13-19(26)23-12-16-5-9-18(22)10-6-16/h3-11H,12-13H2,1-2H3,(H,23,26). The van der Waals surface area contributed by atoms with Crippen molar-refractivity contribution >= 4 is 5.91 Å². The smallest absolute Gasteiger partial charge is 0.258 e. The number of nitrogens with one attached hydrogen (secondary N) is 1. The van der Waals surface area contributed by atoms with Crippen molar-refractivity contribution < 1.29 is 13.9 Å². The molecule has 0 radical (unpaired) electrons. The van der Waals surface area contributed by atoms with Crippen LogP contribution in [0.15, 0.2) is 54.6 Å². The van der Waals surface area contributed by atoms with Gasteiger partial charge < -0.3 is 10.1 Å². The predicted octanol–water partition coefficient (Wildman–Crippen LogP) is 3.59. The molecule has 27 heavy (non-hydrogen) atoms. The third-order valence-corrected chi connectivity index (χ3v) is 3.89. The first-order chi connectivity index (χ1) is 13.0. The molecule has 0 aliphatic carbocycles. The molecule has 0 fully saturated rings. The molecule has 1 amide bonds. The van der Waals surface area contributed by atoms with E-state index in [9.17, 15) is 9.18 Å². The summed E-state index contributed by atoms with van der Waals surface area (Å²) in [5.41, 5.74) is 3.60.